The minimum Gasteiger partial charge on any atom is -0.463 e. The number of carbonyl (C=O) groups is 2. The van der Waals surface area contributed by atoms with Gasteiger partial charge < -0.3 is 20.1 Å². The molecule has 0 radical (unpaired) electrons. The molecule has 2 aliphatic rings. The zero-order valence-electron chi connectivity index (χ0n) is 16.0. The quantitative estimate of drug-likeness (QED) is 0.505. The van der Waals surface area contributed by atoms with Crippen LogP contribution in [0.1, 0.15) is 53.4 Å². The molecule has 0 aromatic heterocycles. The van der Waals surface area contributed by atoms with Gasteiger partial charge in [0.2, 0.25) is 0 Å². The first-order valence-electron chi connectivity index (χ1n) is 9.18. The summed E-state index contributed by atoms with van der Waals surface area (Å²) in [5, 5.41) is 32.2. The van der Waals surface area contributed by atoms with E-state index in [9.17, 15) is 24.9 Å². The Hall–Kier alpha value is -1.50. The molecule has 26 heavy (non-hydrogen) atoms. The smallest absolute Gasteiger partial charge is 0.302 e. The van der Waals surface area contributed by atoms with E-state index in [1.807, 2.05) is 6.92 Å². The molecule has 0 bridgehead atoms. The van der Waals surface area contributed by atoms with Gasteiger partial charge in [-0.2, -0.15) is 0 Å². The molecule has 6 nitrogen and oxygen atoms in total. The van der Waals surface area contributed by atoms with Crippen molar-refractivity contribution in [3.05, 3.63) is 23.3 Å². The van der Waals surface area contributed by atoms with E-state index in [-0.39, 0.29) is 31.0 Å². The Morgan fingerprint density at radius 3 is 2.58 bits per heavy atom. The van der Waals surface area contributed by atoms with Crippen molar-refractivity contribution < 1.29 is 29.6 Å². The third-order valence-corrected chi connectivity index (χ3v) is 6.00. The van der Waals surface area contributed by atoms with Crippen molar-refractivity contribution in [3.8, 4) is 0 Å². The van der Waals surface area contributed by atoms with E-state index >= 15 is 0 Å². The number of Topliss-reactive ketones (excluding diaryl/α,β-unsaturated/α-hetero) is 1. The van der Waals surface area contributed by atoms with E-state index in [0.29, 0.717) is 30.4 Å². The number of hydrogen-bond donors (Lipinski definition) is 3. The number of rotatable bonds is 5. The van der Waals surface area contributed by atoms with Gasteiger partial charge in [-0.3, -0.25) is 9.59 Å². The zero-order valence-corrected chi connectivity index (χ0v) is 16.0. The molecule has 1 fully saturated rings. The maximum Gasteiger partial charge on any atom is 0.302 e. The van der Waals surface area contributed by atoms with Gasteiger partial charge in [0.05, 0.1) is 12.2 Å². The third kappa shape index (κ3) is 3.63. The van der Waals surface area contributed by atoms with Gasteiger partial charge >= 0.3 is 5.97 Å². The molecule has 6 heteroatoms. The molecule has 0 heterocycles. The molecular formula is C20H30O6. The third-order valence-electron chi connectivity index (χ3n) is 6.00. The molecule has 0 aromatic rings. The van der Waals surface area contributed by atoms with Gasteiger partial charge in [0, 0.05) is 19.3 Å². The predicted molar refractivity (Wildman–Crippen MR) is 96.2 cm³/mol. The number of aliphatic hydroxyl groups is 3. The topological polar surface area (TPSA) is 104 Å². The van der Waals surface area contributed by atoms with E-state index in [2.05, 4.69) is 0 Å². The fourth-order valence-electron chi connectivity index (χ4n) is 4.45. The lowest BCUT2D eigenvalue weighted by Crippen LogP contribution is -2.58. The Balaban J connectivity index is 2.31. The van der Waals surface area contributed by atoms with Gasteiger partial charge in [-0.1, -0.05) is 19.1 Å². The van der Waals surface area contributed by atoms with Crippen molar-refractivity contribution in [2.45, 2.75) is 70.7 Å². The van der Waals surface area contributed by atoms with Crippen LogP contribution in [0.25, 0.3) is 0 Å². The first kappa shape index (κ1) is 20.8. The number of hydrogen-bond acceptors (Lipinski definition) is 6. The van der Waals surface area contributed by atoms with Crippen molar-refractivity contribution >= 4 is 11.8 Å². The summed E-state index contributed by atoms with van der Waals surface area (Å²) in [7, 11) is 0. The first-order valence-corrected chi connectivity index (χ1v) is 9.18. The standard InChI is InChI=1S/C20H30O6/c1-5-15(11-21)10-20(25)17(8-12(2)18(20)23)19(24)7-6-16(9-13(19)3)26-14(4)22/h5,8,13,16-17,21,24-25H,6-7,9-11H2,1-4H3/b15-5+/t13-,16-,17+,19+,20-/m1/s1. The number of aliphatic hydroxyl groups excluding tert-OH is 1. The highest BCUT2D eigenvalue weighted by molar-refractivity contribution is 6.04. The summed E-state index contributed by atoms with van der Waals surface area (Å²) in [6.07, 6.45) is 4.34. The van der Waals surface area contributed by atoms with Crippen LogP contribution in [-0.4, -0.2) is 51.0 Å². The van der Waals surface area contributed by atoms with Crippen LogP contribution in [0, 0.1) is 11.8 Å². The summed E-state index contributed by atoms with van der Waals surface area (Å²) in [4.78, 5) is 23.9. The molecular weight excluding hydrogens is 336 g/mol. The van der Waals surface area contributed by atoms with E-state index in [1.54, 1.807) is 26.0 Å². The average molecular weight is 366 g/mol. The summed E-state index contributed by atoms with van der Waals surface area (Å²) in [6, 6.07) is 0. The lowest BCUT2D eigenvalue weighted by atomic mass is 9.63. The first-order chi connectivity index (χ1) is 12.1. The Morgan fingerprint density at radius 1 is 1.42 bits per heavy atom. The normalized spacial score (nSPS) is 38.3. The van der Waals surface area contributed by atoms with Crippen LogP contribution in [0.5, 0.6) is 0 Å². The van der Waals surface area contributed by atoms with E-state index in [1.165, 1.54) is 6.92 Å². The number of carbonyl (C=O) groups excluding carboxylic acids is 2. The van der Waals surface area contributed by atoms with Crippen molar-refractivity contribution in [3.63, 3.8) is 0 Å². The second-order valence-electron chi connectivity index (χ2n) is 7.76. The summed E-state index contributed by atoms with van der Waals surface area (Å²) < 4.78 is 5.27. The van der Waals surface area contributed by atoms with Crippen LogP contribution >= 0.6 is 0 Å². The summed E-state index contributed by atoms with van der Waals surface area (Å²) in [5.74, 6) is -1.79. The van der Waals surface area contributed by atoms with Crippen LogP contribution in [-0.2, 0) is 14.3 Å². The SMILES string of the molecule is C/C=C(/CO)C[C@]1(O)C(=O)C(C)=C[C@H]1[C@]1(O)CC[C@@H](OC(C)=O)C[C@H]1C. The molecule has 146 valence electrons. The van der Waals surface area contributed by atoms with Crippen LogP contribution in [0.15, 0.2) is 23.3 Å². The molecule has 2 aliphatic carbocycles. The highest BCUT2D eigenvalue weighted by Gasteiger charge is 2.59. The van der Waals surface area contributed by atoms with Gasteiger partial charge in [-0.05, 0) is 50.2 Å². The van der Waals surface area contributed by atoms with E-state index in [4.69, 9.17) is 4.74 Å². The Kier molecular flexibility index (Phi) is 6.10. The summed E-state index contributed by atoms with van der Waals surface area (Å²) in [6.45, 7) is 6.34. The van der Waals surface area contributed by atoms with Crippen LogP contribution in [0.4, 0.5) is 0 Å². The highest BCUT2D eigenvalue weighted by atomic mass is 16.5. The second kappa shape index (κ2) is 7.62. The minimum absolute atomic E-state index is 0.0141. The molecule has 3 N–H and O–H groups in total. The molecule has 0 amide bonds. The van der Waals surface area contributed by atoms with Crippen LogP contribution in [0.2, 0.25) is 0 Å². The summed E-state index contributed by atoms with van der Waals surface area (Å²) >= 11 is 0. The van der Waals surface area contributed by atoms with E-state index in [0.717, 1.165) is 0 Å². The summed E-state index contributed by atoms with van der Waals surface area (Å²) in [5.41, 5.74) is -2.08. The van der Waals surface area contributed by atoms with Crippen molar-refractivity contribution in [1.82, 2.24) is 0 Å². The molecule has 0 saturated heterocycles. The molecule has 1 saturated carbocycles. The fraction of sp³-hybridized carbons (Fsp3) is 0.700. The number of esters is 1. The van der Waals surface area contributed by atoms with Crippen molar-refractivity contribution in [1.29, 1.82) is 0 Å². The Bertz CT molecular complexity index is 636. The maximum absolute atomic E-state index is 12.7. The van der Waals surface area contributed by atoms with Crippen LogP contribution < -0.4 is 0 Å². The molecule has 5 atom stereocenters. The van der Waals surface area contributed by atoms with Gasteiger partial charge in [-0.25, -0.2) is 0 Å². The molecule has 0 aliphatic heterocycles. The fourth-order valence-corrected chi connectivity index (χ4v) is 4.45. The lowest BCUT2D eigenvalue weighted by Gasteiger charge is -2.48. The molecule has 0 spiro atoms. The average Bonchev–Trinajstić information content (AvgIpc) is 2.80. The van der Waals surface area contributed by atoms with Gasteiger partial charge in [0.25, 0.3) is 0 Å². The van der Waals surface area contributed by atoms with Gasteiger partial charge in [0.15, 0.2) is 5.78 Å². The number of ketones is 1. The van der Waals surface area contributed by atoms with Crippen molar-refractivity contribution in [2.24, 2.45) is 11.8 Å². The van der Waals surface area contributed by atoms with E-state index < -0.39 is 22.9 Å². The van der Waals surface area contributed by atoms with Gasteiger partial charge in [0.1, 0.15) is 11.7 Å². The predicted octanol–water partition coefficient (Wildman–Crippen LogP) is 1.67. The minimum atomic E-state index is -1.77. The highest BCUT2D eigenvalue weighted by Crippen LogP contribution is 2.50. The number of allylic oxidation sites excluding steroid dienone is 1. The maximum atomic E-state index is 12.7. The largest absolute Gasteiger partial charge is 0.463 e. The molecule has 2 rings (SSSR count). The zero-order chi connectivity index (χ0) is 19.7. The number of ether oxygens (including phenoxy) is 1. The second-order valence-corrected chi connectivity index (χ2v) is 7.76. The molecule has 0 aromatic carbocycles. The Labute approximate surface area is 154 Å². The van der Waals surface area contributed by atoms with Crippen LogP contribution in [0.3, 0.4) is 0 Å². The lowest BCUT2D eigenvalue weighted by molar-refractivity contribution is -0.173. The van der Waals surface area contributed by atoms with Gasteiger partial charge in [-0.15, -0.1) is 0 Å². The Morgan fingerprint density at radius 2 is 2.08 bits per heavy atom. The molecule has 0 unspecified atom stereocenters. The monoisotopic (exact) mass is 366 g/mol. The van der Waals surface area contributed by atoms with Crippen molar-refractivity contribution in [2.75, 3.05) is 6.61 Å².